The Morgan fingerprint density at radius 1 is 0.957 bits per heavy atom. The van der Waals surface area contributed by atoms with E-state index in [9.17, 15) is 26.7 Å². The monoisotopic (exact) mass is 367 g/mol. The third kappa shape index (κ3) is 3.76. The van der Waals surface area contributed by atoms with Gasteiger partial charge in [0.25, 0.3) is 0 Å². The maximum Gasteiger partial charge on any atom is 0.234 e. The first-order valence-electron chi connectivity index (χ1n) is 6.01. The van der Waals surface area contributed by atoms with Crippen molar-refractivity contribution in [3.8, 4) is 0 Å². The largest absolute Gasteiger partial charge is 0.324 e. The molecule has 2 aromatic carbocycles. The molecule has 0 aliphatic rings. The van der Waals surface area contributed by atoms with Gasteiger partial charge in [-0.05, 0) is 12.1 Å². The summed E-state index contributed by atoms with van der Waals surface area (Å²) in [6.45, 7) is 0. The number of anilines is 1. The lowest BCUT2D eigenvalue weighted by molar-refractivity contribution is -0.113. The molecule has 122 valence electrons. The molecule has 0 aromatic heterocycles. The van der Waals surface area contributed by atoms with Gasteiger partial charge < -0.3 is 5.32 Å². The summed E-state index contributed by atoms with van der Waals surface area (Å²) in [7, 11) is 0. The molecule has 0 aliphatic heterocycles. The Balaban J connectivity index is 2.13. The predicted octanol–water partition coefficient (Wildman–Crippen LogP) is 4.77. The Kier molecular flexibility index (Phi) is 5.48. The van der Waals surface area contributed by atoms with Gasteiger partial charge in [0.2, 0.25) is 11.7 Å². The Bertz CT molecular complexity index is 742. The minimum absolute atomic E-state index is 0.192. The van der Waals surface area contributed by atoms with Crippen LogP contribution in [0, 0.1) is 29.1 Å². The average Bonchev–Trinajstić information content (AvgIpc) is 2.53. The second-order valence-electron chi connectivity index (χ2n) is 4.22. The van der Waals surface area contributed by atoms with E-state index < -0.39 is 45.6 Å². The molecular weight excluding hydrogens is 361 g/mol. The zero-order chi connectivity index (χ0) is 17.1. The average molecular weight is 368 g/mol. The number of amides is 1. The number of para-hydroxylation sites is 1. The molecule has 0 atom stereocenters. The lowest BCUT2D eigenvalue weighted by atomic mass is 10.3. The first kappa shape index (κ1) is 17.6. The van der Waals surface area contributed by atoms with E-state index in [-0.39, 0.29) is 22.5 Å². The van der Waals surface area contributed by atoms with Crippen LogP contribution in [0.15, 0.2) is 29.2 Å². The number of rotatable bonds is 4. The van der Waals surface area contributed by atoms with Crippen LogP contribution in [-0.4, -0.2) is 11.7 Å². The van der Waals surface area contributed by atoms with Crippen molar-refractivity contribution in [1.29, 1.82) is 0 Å². The fraction of sp³-hybridized carbons (Fsp3) is 0.0714. The minimum Gasteiger partial charge on any atom is -0.324 e. The van der Waals surface area contributed by atoms with Crippen LogP contribution < -0.4 is 5.32 Å². The topological polar surface area (TPSA) is 29.1 Å². The smallest absolute Gasteiger partial charge is 0.234 e. The summed E-state index contributed by atoms with van der Waals surface area (Å²) in [5.74, 6) is -11.6. The third-order valence-electron chi connectivity index (χ3n) is 2.67. The van der Waals surface area contributed by atoms with Gasteiger partial charge in [-0.25, -0.2) is 22.0 Å². The zero-order valence-corrected chi connectivity index (χ0v) is 12.7. The molecule has 23 heavy (non-hydrogen) atoms. The van der Waals surface area contributed by atoms with Gasteiger partial charge >= 0.3 is 0 Å². The predicted molar refractivity (Wildman–Crippen MR) is 77.0 cm³/mol. The van der Waals surface area contributed by atoms with Crippen LogP contribution in [0.3, 0.4) is 0 Å². The molecule has 0 unspecified atom stereocenters. The highest BCUT2D eigenvalue weighted by molar-refractivity contribution is 8.00. The first-order valence-corrected chi connectivity index (χ1v) is 7.38. The maximum absolute atomic E-state index is 13.4. The van der Waals surface area contributed by atoms with Gasteiger partial charge in [0.05, 0.1) is 21.4 Å². The van der Waals surface area contributed by atoms with Crippen molar-refractivity contribution < 1.29 is 26.7 Å². The van der Waals surface area contributed by atoms with E-state index in [1.54, 1.807) is 12.1 Å². The quantitative estimate of drug-likeness (QED) is 0.365. The van der Waals surface area contributed by atoms with Crippen LogP contribution >= 0.6 is 23.4 Å². The Morgan fingerprint density at radius 3 is 2.04 bits per heavy atom. The molecule has 0 aliphatic carbocycles. The number of carbonyl (C=O) groups excluding carboxylic acids is 1. The first-order chi connectivity index (χ1) is 10.8. The van der Waals surface area contributed by atoms with Gasteiger partial charge in [0, 0.05) is 0 Å². The van der Waals surface area contributed by atoms with E-state index in [0.29, 0.717) is 0 Å². The summed E-state index contributed by atoms with van der Waals surface area (Å²) in [4.78, 5) is 10.6. The van der Waals surface area contributed by atoms with Gasteiger partial charge in [-0.1, -0.05) is 23.7 Å². The number of thioether (sulfide) groups is 1. The SMILES string of the molecule is O=C(CSc1c(F)c(F)c(F)c(F)c1F)Nc1ccccc1Cl. The number of carbonyl (C=O) groups is 1. The van der Waals surface area contributed by atoms with Gasteiger partial charge in [-0.2, -0.15) is 0 Å². The molecule has 1 amide bonds. The molecule has 2 aromatic rings. The lowest BCUT2D eigenvalue weighted by Crippen LogP contribution is -2.15. The standard InChI is InChI=1S/C14H7ClF5NOS/c15-6-3-1-2-4-7(6)21-8(22)5-23-14-12(19)10(17)9(16)11(18)13(14)20/h1-4H,5H2,(H,21,22). The van der Waals surface area contributed by atoms with Crippen LogP contribution in [0.25, 0.3) is 0 Å². The highest BCUT2D eigenvalue weighted by Gasteiger charge is 2.26. The van der Waals surface area contributed by atoms with Crippen LogP contribution in [0.2, 0.25) is 5.02 Å². The Labute approximate surface area is 136 Å². The van der Waals surface area contributed by atoms with Crippen molar-refractivity contribution in [2.24, 2.45) is 0 Å². The van der Waals surface area contributed by atoms with E-state index in [1.165, 1.54) is 12.1 Å². The van der Waals surface area contributed by atoms with Crippen molar-refractivity contribution in [2.45, 2.75) is 4.90 Å². The fourth-order valence-electron chi connectivity index (χ4n) is 1.60. The number of hydrogen-bond acceptors (Lipinski definition) is 2. The number of halogens is 6. The summed E-state index contributed by atoms with van der Waals surface area (Å²) in [6, 6.07) is 6.22. The number of benzene rings is 2. The molecule has 0 spiro atoms. The maximum atomic E-state index is 13.4. The summed E-state index contributed by atoms with van der Waals surface area (Å²) >= 11 is 6.00. The van der Waals surface area contributed by atoms with Crippen LogP contribution in [0.5, 0.6) is 0 Å². The second-order valence-corrected chi connectivity index (χ2v) is 5.61. The van der Waals surface area contributed by atoms with E-state index in [2.05, 4.69) is 5.32 Å². The second kappa shape index (κ2) is 7.18. The lowest BCUT2D eigenvalue weighted by Gasteiger charge is -2.09. The molecule has 2 rings (SSSR count). The number of nitrogens with one attached hydrogen (secondary N) is 1. The van der Waals surface area contributed by atoms with Crippen LogP contribution in [-0.2, 0) is 4.79 Å². The van der Waals surface area contributed by atoms with E-state index in [1.807, 2.05) is 0 Å². The molecule has 0 bridgehead atoms. The normalized spacial score (nSPS) is 10.7. The highest BCUT2D eigenvalue weighted by atomic mass is 35.5. The van der Waals surface area contributed by atoms with Gasteiger partial charge in [-0.3, -0.25) is 4.79 Å². The van der Waals surface area contributed by atoms with Crippen molar-refractivity contribution in [3.63, 3.8) is 0 Å². The number of hydrogen-bond donors (Lipinski definition) is 1. The van der Waals surface area contributed by atoms with Crippen LogP contribution in [0.1, 0.15) is 0 Å². The Morgan fingerprint density at radius 2 is 1.48 bits per heavy atom. The summed E-state index contributed by atoms with van der Waals surface area (Å²) in [5, 5.41) is 2.60. The van der Waals surface area contributed by atoms with Crippen molar-refractivity contribution >= 4 is 35.0 Å². The zero-order valence-electron chi connectivity index (χ0n) is 11.1. The molecule has 0 saturated carbocycles. The summed E-state index contributed by atoms with van der Waals surface area (Å²) < 4.78 is 65.9. The van der Waals surface area contributed by atoms with Crippen molar-refractivity contribution in [2.75, 3.05) is 11.1 Å². The molecule has 0 saturated heterocycles. The molecule has 2 nitrogen and oxygen atoms in total. The molecular formula is C14H7ClF5NOS. The Hall–Kier alpha value is -1.80. The van der Waals surface area contributed by atoms with E-state index in [4.69, 9.17) is 11.6 Å². The van der Waals surface area contributed by atoms with Crippen molar-refractivity contribution in [1.82, 2.24) is 0 Å². The molecule has 9 heteroatoms. The molecule has 0 heterocycles. The van der Waals surface area contributed by atoms with E-state index in [0.717, 1.165) is 0 Å². The van der Waals surface area contributed by atoms with Gasteiger partial charge in [-0.15, -0.1) is 11.8 Å². The molecule has 1 N–H and O–H groups in total. The molecule has 0 fully saturated rings. The molecule has 0 radical (unpaired) electrons. The minimum atomic E-state index is -2.25. The summed E-state index contributed by atoms with van der Waals surface area (Å²) in [6.07, 6.45) is 0. The third-order valence-corrected chi connectivity index (χ3v) is 4.05. The van der Waals surface area contributed by atoms with Crippen molar-refractivity contribution in [3.05, 3.63) is 58.4 Å². The van der Waals surface area contributed by atoms with E-state index >= 15 is 0 Å². The fourth-order valence-corrected chi connectivity index (χ4v) is 2.56. The van der Waals surface area contributed by atoms with Gasteiger partial charge in [0.15, 0.2) is 23.3 Å². The van der Waals surface area contributed by atoms with Crippen LogP contribution in [0.4, 0.5) is 27.6 Å². The summed E-state index contributed by atoms with van der Waals surface area (Å²) in [5.41, 5.74) is 0.261. The van der Waals surface area contributed by atoms with Gasteiger partial charge in [0.1, 0.15) is 0 Å². The highest BCUT2D eigenvalue weighted by Crippen LogP contribution is 2.31.